The van der Waals surface area contributed by atoms with Crippen LogP contribution in [0.25, 0.3) is 0 Å². The molecular weight excluding hydrogens is 402 g/mol. The monoisotopic (exact) mass is 431 g/mol. The number of benzene rings is 1. The van der Waals surface area contributed by atoms with E-state index in [9.17, 15) is 9.59 Å². The first-order valence-electron chi connectivity index (χ1n) is 10.2. The summed E-state index contributed by atoms with van der Waals surface area (Å²) in [4.78, 5) is 33.6. The summed E-state index contributed by atoms with van der Waals surface area (Å²) in [5, 5.41) is 3.41. The summed E-state index contributed by atoms with van der Waals surface area (Å²) in [5.41, 5.74) is 1.25. The highest BCUT2D eigenvalue weighted by molar-refractivity contribution is 7.15. The highest BCUT2D eigenvalue weighted by Gasteiger charge is 2.31. The fourth-order valence-corrected chi connectivity index (χ4v) is 4.64. The fourth-order valence-electron chi connectivity index (χ4n) is 3.80. The van der Waals surface area contributed by atoms with Gasteiger partial charge in [-0.15, -0.1) is 11.3 Å². The Labute approximate surface area is 181 Å². The summed E-state index contributed by atoms with van der Waals surface area (Å²) in [6.45, 7) is 3.84. The topological polar surface area (TPSA) is 80.8 Å². The van der Waals surface area contributed by atoms with Gasteiger partial charge in [-0.2, -0.15) is 0 Å². The Morgan fingerprint density at radius 2 is 1.77 bits per heavy atom. The van der Waals surface area contributed by atoms with E-state index < -0.39 is 0 Å². The molecule has 7 nitrogen and oxygen atoms in total. The van der Waals surface area contributed by atoms with Gasteiger partial charge in [0.05, 0.1) is 19.9 Å². The molecule has 0 aliphatic heterocycles. The van der Waals surface area contributed by atoms with E-state index in [2.05, 4.69) is 10.3 Å². The van der Waals surface area contributed by atoms with Gasteiger partial charge < -0.3 is 19.7 Å². The molecule has 0 atom stereocenters. The number of aryl methyl sites for hydroxylation is 2. The van der Waals surface area contributed by atoms with Crippen LogP contribution in [-0.2, 0) is 4.79 Å². The molecule has 1 fully saturated rings. The first kappa shape index (κ1) is 22.1. The lowest BCUT2D eigenvalue weighted by molar-refractivity contribution is -0.117. The normalized spacial score (nSPS) is 14.3. The van der Waals surface area contributed by atoms with Crippen molar-refractivity contribution < 1.29 is 19.1 Å². The smallest absolute Gasteiger partial charge is 0.262 e. The number of anilines is 1. The zero-order valence-corrected chi connectivity index (χ0v) is 18.8. The number of aromatic nitrogens is 1. The highest BCUT2D eigenvalue weighted by atomic mass is 32.1. The number of hydrogen-bond donors (Lipinski definition) is 1. The van der Waals surface area contributed by atoms with Crippen LogP contribution in [0.1, 0.15) is 53.0 Å². The number of nitrogens with zero attached hydrogens (tertiary/aromatic N) is 2. The highest BCUT2D eigenvalue weighted by Crippen LogP contribution is 2.32. The van der Waals surface area contributed by atoms with Gasteiger partial charge >= 0.3 is 0 Å². The lowest BCUT2D eigenvalue weighted by Gasteiger charge is -2.34. The Bertz CT molecular complexity index is 864. The lowest BCUT2D eigenvalue weighted by atomic mass is 9.93. The van der Waals surface area contributed by atoms with Crippen molar-refractivity contribution in [1.82, 2.24) is 9.88 Å². The largest absolute Gasteiger partial charge is 0.496 e. The average Bonchev–Trinajstić information content (AvgIpc) is 3.07. The van der Waals surface area contributed by atoms with Crippen LogP contribution in [0.3, 0.4) is 0 Å². The number of hydrogen-bond acceptors (Lipinski definition) is 6. The third-order valence-corrected chi connectivity index (χ3v) is 6.50. The van der Waals surface area contributed by atoms with E-state index in [1.165, 1.54) is 25.6 Å². The summed E-state index contributed by atoms with van der Waals surface area (Å²) in [5.74, 6) is 0.368. The number of ether oxygens (including phenoxy) is 2. The van der Waals surface area contributed by atoms with Gasteiger partial charge in [0.1, 0.15) is 23.6 Å². The molecule has 162 valence electrons. The maximum atomic E-state index is 13.6. The molecule has 3 rings (SSSR count). The Kier molecular flexibility index (Phi) is 7.31. The second-order valence-corrected chi connectivity index (χ2v) is 8.67. The van der Waals surface area contributed by atoms with Crippen LogP contribution in [-0.4, -0.2) is 48.5 Å². The lowest BCUT2D eigenvalue weighted by Crippen LogP contribution is -2.46. The van der Waals surface area contributed by atoms with Gasteiger partial charge in [0.15, 0.2) is 5.13 Å². The summed E-state index contributed by atoms with van der Waals surface area (Å²) in [7, 11) is 3.05. The molecular formula is C22H29N3O4S. The van der Waals surface area contributed by atoms with Gasteiger partial charge in [-0.1, -0.05) is 25.3 Å². The van der Waals surface area contributed by atoms with Crippen molar-refractivity contribution in [2.45, 2.75) is 52.0 Å². The molecule has 30 heavy (non-hydrogen) atoms. The first-order chi connectivity index (χ1) is 14.4. The second-order valence-electron chi connectivity index (χ2n) is 7.47. The van der Waals surface area contributed by atoms with Gasteiger partial charge in [-0.05, 0) is 38.8 Å². The molecule has 2 amide bonds. The zero-order valence-electron chi connectivity index (χ0n) is 18.0. The summed E-state index contributed by atoms with van der Waals surface area (Å²) in [6, 6.07) is 5.25. The van der Waals surface area contributed by atoms with E-state index in [4.69, 9.17) is 9.47 Å². The molecule has 1 aliphatic carbocycles. The van der Waals surface area contributed by atoms with Crippen LogP contribution in [0.2, 0.25) is 0 Å². The number of carbonyl (C=O) groups excluding carboxylic acids is 2. The predicted octanol–water partition coefficient (Wildman–Crippen LogP) is 4.19. The van der Waals surface area contributed by atoms with Crippen molar-refractivity contribution in [1.29, 1.82) is 0 Å². The summed E-state index contributed by atoms with van der Waals surface area (Å²) < 4.78 is 10.9. The molecule has 8 heteroatoms. The number of methoxy groups -OCH3 is 2. The molecule has 1 aromatic heterocycles. The molecule has 1 heterocycles. The SMILES string of the molecule is COc1cccc(OC)c1C(=O)N(CC(=O)Nc1nc(C)c(C)s1)C1CCCCC1. The van der Waals surface area contributed by atoms with E-state index in [0.29, 0.717) is 22.2 Å². The van der Waals surface area contributed by atoms with Crippen molar-refractivity contribution in [3.8, 4) is 11.5 Å². The van der Waals surface area contributed by atoms with E-state index in [1.807, 2.05) is 13.8 Å². The fraction of sp³-hybridized carbons (Fsp3) is 0.500. The molecule has 1 saturated carbocycles. The quantitative estimate of drug-likeness (QED) is 0.711. The zero-order chi connectivity index (χ0) is 21.7. The van der Waals surface area contributed by atoms with Crippen LogP contribution >= 0.6 is 11.3 Å². The van der Waals surface area contributed by atoms with E-state index in [1.54, 1.807) is 23.1 Å². The second kappa shape index (κ2) is 9.93. The van der Waals surface area contributed by atoms with Crippen molar-refractivity contribution in [2.75, 3.05) is 26.1 Å². The van der Waals surface area contributed by atoms with Crippen LogP contribution in [0.4, 0.5) is 5.13 Å². The van der Waals surface area contributed by atoms with Gasteiger partial charge in [-0.3, -0.25) is 9.59 Å². The van der Waals surface area contributed by atoms with E-state index in [0.717, 1.165) is 42.7 Å². The van der Waals surface area contributed by atoms with Crippen LogP contribution in [0.15, 0.2) is 18.2 Å². The third kappa shape index (κ3) is 4.92. The molecule has 1 aromatic carbocycles. The number of nitrogens with one attached hydrogen (secondary N) is 1. The Balaban J connectivity index is 1.87. The number of rotatable bonds is 7. The van der Waals surface area contributed by atoms with Crippen molar-refractivity contribution >= 4 is 28.3 Å². The van der Waals surface area contributed by atoms with Gasteiger partial charge in [-0.25, -0.2) is 4.98 Å². The molecule has 0 saturated heterocycles. The van der Waals surface area contributed by atoms with E-state index in [-0.39, 0.29) is 24.4 Å². The number of carbonyl (C=O) groups is 2. The average molecular weight is 432 g/mol. The maximum Gasteiger partial charge on any atom is 0.262 e. The van der Waals surface area contributed by atoms with Crippen LogP contribution < -0.4 is 14.8 Å². The maximum absolute atomic E-state index is 13.6. The molecule has 1 aliphatic rings. The van der Waals surface area contributed by atoms with Crippen LogP contribution in [0, 0.1) is 13.8 Å². The number of thiazole rings is 1. The van der Waals surface area contributed by atoms with Gasteiger partial charge in [0, 0.05) is 10.9 Å². The minimum atomic E-state index is -0.253. The Morgan fingerprint density at radius 3 is 2.30 bits per heavy atom. The molecule has 1 N–H and O–H groups in total. The molecule has 0 bridgehead atoms. The Morgan fingerprint density at radius 1 is 1.13 bits per heavy atom. The molecule has 2 aromatic rings. The first-order valence-corrected chi connectivity index (χ1v) is 11.0. The van der Waals surface area contributed by atoms with Crippen molar-refractivity contribution in [3.05, 3.63) is 34.3 Å². The van der Waals surface area contributed by atoms with Gasteiger partial charge in [0.2, 0.25) is 5.91 Å². The summed E-state index contributed by atoms with van der Waals surface area (Å²) in [6.07, 6.45) is 5.01. The minimum absolute atomic E-state index is 0.00591. The van der Waals surface area contributed by atoms with E-state index >= 15 is 0 Å². The molecule has 0 unspecified atom stereocenters. The predicted molar refractivity (Wildman–Crippen MR) is 118 cm³/mol. The Hall–Kier alpha value is -2.61. The standard InChI is InChI=1S/C22H29N3O4S/c1-14-15(2)30-22(23-14)24-19(26)13-25(16-9-6-5-7-10-16)21(27)20-17(28-3)11-8-12-18(20)29-4/h8,11-12,16H,5-7,9-10,13H2,1-4H3,(H,23,24,26). The van der Waals surface area contributed by atoms with Gasteiger partial charge in [0.25, 0.3) is 5.91 Å². The minimum Gasteiger partial charge on any atom is -0.496 e. The molecule has 0 radical (unpaired) electrons. The molecule has 0 spiro atoms. The summed E-state index contributed by atoms with van der Waals surface area (Å²) >= 11 is 1.44. The van der Waals surface area contributed by atoms with Crippen molar-refractivity contribution in [3.63, 3.8) is 0 Å². The third-order valence-electron chi connectivity index (χ3n) is 5.51. The number of amides is 2. The van der Waals surface area contributed by atoms with Crippen molar-refractivity contribution in [2.24, 2.45) is 0 Å². The van der Waals surface area contributed by atoms with Crippen LogP contribution in [0.5, 0.6) is 11.5 Å².